The van der Waals surface area contributed by atoms with Gasteiger partial charge in [0.15, 0.2) is 0 Å². The fourth-order valence-corrected chi connectivity index (χ4v) is 2.88. The van der Waals surface area contributed by atoms with Crippen LogP contribution >= 0.6 is 0 Å². The maximum Gasteiger partial charge on any atom is 0.219 e. The second kappa shape index (κ2) is 18.8. The number of rotatable bonds is 6. The molecule has 0 aromatic heterocycles. The van der Waals surface area contributed by atoms with E-state index in [0.29, 0.717) is 41.0 Å². The molecule has 4 N–H and O–H groups in total. The second-order valence-corrected chi connectivity index (χ2v) is 7.55. The number of nitrogens with zero attached hydrogens (tertiary/aromatic N) is 2. The molecule has 0 radical (unpaired) electrons. The third-order valence-corrected chi connectivity index (χ3v) is 4.77. The standard InChI is InChI=1S/C14H20N4O.C13H11FO.C2H6.C2H4/c1-4-17-14(10(2)11(3)15)18(9-19)13-7-5-6-12(16)8-13;1-10-5-7-12(8-6-10)15-13-4-2-3-11(14)9-13;2*1-2/h5-9H,4,15-16H2,1-3H3;2-9H,1H3;1-2H3;1-2H2/b11-10+,17-14?;;;. The van der Waals surface area contributed by atoms with Gasteiger partial charge in [0.05, 0.1) is 5.69 Å². The van der Waals surface area contributed by atoms with Crippen LogP contribution in [0.5, 0.6) is 11.5 Å². The van der Waals surface area contributed by atoms with Gasteiger partial charge in [0, 0.05) is 29.6 Å². The molecule has 0 aliphatic rings. The predicted octanol–water partition coefficient (Wildman–Crippen LogP) is 7.66. The van der Waals surface area contributed by atoms with Crippen molar-refractivity contribution >= 4 is 23.6 Å². The van der Waals surface area contributed by atoms with Crippen LogP contribution in [-0.4, -0.2) is 18.8 Å². The molecule has 0 atom stereocenters. The lowest BCUT2D eigenvalue weighted by molar-refractivity contribution is -0.106. The first kappa shape index (κ1) is 33.6. The molecule has 0 bridgehead atoms. The van der Waals surface area contributed by atoms with Crippen molar-refractivity contribution in [2.75, 3.05) is 17.2 Å². The number of amides is 1. The van der Waals surface area contributed by atoms with E-state index in [9.17, 15) is 9.18 Å². The summed E-state index contributed by atoms with van der Waals surface area (Å²) in [6.45, 7) is 18.1. The Morgan fingerprint density at radius 2 is 1.61 bits per heavy atom. The Balaban J connectivity index is 0.000000648. The Morgan fingerprint density at radius 3 is 2.11 bits per heavy atom. The van der Waals surface area contributed by atoms with Crippen LogP contribution in [0, 0.1) is 12.7 Å². The first-order valence-electron chi connectivity index (χ1n) is 12.3. The number of anilines is 2. The molecule has 0 aliphatic carbocycles. The lowest BCUT2D eigenvalue weighted by Crippen LogP contribution is -2.31. The number of nitrogen functional groups attached to an aromatic ring is 1. The summed E-state index contributed by atoms with van der Waals surface area (Å²) in [5, 5.41) is 0. The van der Waals surface area contributed by atoms with Crippen molar-refractivity contribution in [1.82, 2.24) is 0 Å². The molecule has 204 valence electrons. The average Bonchev–Trinajstić information content (AvgIpc) is 2.92. The largest absolute Gasteiger partial charge is 0.457 e. The minimum absolute atomic E-state index is 0.292. The molecule has 38 heavy (non-hydrogen) atoms. The summed E-state index contributed by atoms with van der Waals surface area (Å²) in [7, 11) is 0. The van der Waals surface area contributed by atoms with Crippen molar-refractivity contribution in [1.29, 1.82) is 0 Å². The average molecular weight is 521 g/mol. The summed E-state index contributed by atoms with van der Waals surface area (Å²) in [6.07, 6.45) is 0.718. The van der Waals surface area contributed by atoms with Crippen molar-refractivity contribution in [3.05, 3.63) is 109 Å². The van der Waals surface area contributed by atoms with E-state index in [2.05, 4.69) is 18.2 Å². The van der Waals surface area contributed by atoms with Crippen molar-refractivity contribution in [2.24, 2.45) is 10.7 Å². The van der Waals surface area contributed by atoms with Crippen LogP contribution in [0.1, 0.15) is 40.2 Å². The quantitative estimate of drug-likeness (QED) is 0.115. The molecular formula is C31H41FN4O2. The summed E-state index contributed by atoms with van der Waals surface area (Å²) in [4.78, 5) is 17.2. The number of ether oxygens (including phenoxy) is 1. The van der Waals surface area contributed by atoms with Crippen molar-refractivity contribution in [3.63, 3.8) is 0 Å². The maximum atomic E-state index is 12.9. The molecule has 0 aliphatic heterocycles. The molecule has 0 saturated heterocycles. The molecule has 0 spiro atoms. The highest BCUT2D eigenvalue weighted by atomic mass is 19.1. The zero-order valence-corrected chi connectivity index (χ0v) is 23.4. The van der Waals surface area contributed by atoms with Gasteiger partial charge in [-0.05, 0) is 70.2 Å². The van der Waals surface area contributed by atoms with Gasteiger partial charge in [-0.2, -0.15) is 0 Å². The van der Waals surface area contributed by atoms with Gasteiger partial charge < -0.3 is 16.2 Å². The molecule has 7 heteroatoms. The summed E-state index contributed by atoms with van der Waals surface area (Å²) in [5.41, 5.74) is 15.4. The molecule has 0 saturated carbocycles. The second-order valence-electron chi connectivity index (χ2n) is 7.55. The number of halogens is 1. The van der Waals surface area contributed by atoms with E-state index in [-0.39, 0.29) is 5.82 Å². The first-order chi connectivity index (χ1) is 18.2. The Morgan fingerprint density at radius 1 is 1.00 bits per heavy atom. The number of hydrogen-bond acceptors (Lipinski definition) is 5. The van der Waals surface area contributed by atoms with Crippen LogP contribution in [0.3, 0.4) is 0 Å². The first-order valence-corrected chi connectivity index (χ1v) is 12.3. The lowest BCUT2D eigenvalue weighted by Gasteiger charge is -2.21. The van der Waals surface area contributed by atoms with Gasteiger partial charge in [0.2, 0.25) is 6.41 Å². The van der Waals surface area contributed by atoms with Crippen molar-refractivity contribution < 1.29 is 13.9 Å². The highest BCUT2D eigenvalue weighted by Gasteiger charge is 2.15. The summed E-state index contributed by atoms with van der Waals surface area (Å²) >= 11 is 0. The highest BCUT2D eigenvalue weighted by molar-refractivity contribution is 6.18. The Bertz CT molecular complexity index is 1170. The van der Waals surface area contributed by atoms with Gasteiger partial charge in [0.25, 0.3) is 0 Å². The van der Waals surface area contributed by atoms with E-state index >= 15 is 0 Å². The minimum Gasteiger partial charge on any atom is -0.457 e. The number of allylic oxidation sites excluding steroid dienone is 1. The third kappa shape index (κ3) is 11.6. The van der Waals surface area contributed by atoms with E-state index in [0.717, 1.165) is 12.0 Å². The molecule has 3 aromatic rings. The van der Waals surface area contributed by atoms with Gasteiger partial charge in [-0.3, -0.25) is 14.7 Å². The van der Waals surface area contributed by atoms with Crippen molar-refractivity contribution in [3.8, 4) is 11.5 Å². The smallest absolute Gasteiger partial charge is 0.219 e. The zero-order valence-electron chi connectivity index (χ0n) is 23.4. The number of benzene rings is 3. The number of aryl methyl sites for hydroxylation is 1. The molecule has 1 amide bonds. The number of carbonyl (C=O) groups is 1. The number of hydrogen-bond donors (Lipinski definition) is 2. The summed E-state index contributed by atoms with van der Waals surface area (Å²) < 4.78 is 18.3. The number of nitrogens with two attached hydrogens (primary N) is 2. The van der Waals surface area contributed by atoms with Gasteiger partial charge in [-0.25, -0.2) is 4.39 Å². The monoisotopic (exact) mass is 520 g/mol. The van der Waals surface area contributed by atoms with Gasteiger partial charge in [-0.15, -0.1) is 13.2 Å². The molecule has 6 nitrogen and oxygen atoms in total. The van der Waals surface area contributed by atoms with Crippen LogP contribution < -0.4 is 21.1 Å². The topological polar surface area (TPSA) is 93.9 Å². The van der Waals surface area contributed by atoms with Crippen molar-refractivity contribution in [2.45, 2.75) is 41.5 Å². The SMILES string of the molecule is C=C.CC.CCN=C(/C(C)=C(\C)N)N(C=O)c1cccc(N)c1.Cc1ccc(Oc2cccc(F)c2)cc1. The zero-order chi connectivity index (χ0) is 29.1. The van der Waals surface area contributed by atoms with Gasteiger partial charge in [-0.1, -0.05) is 43.7 Å². The van der Waals surface area contributed by atoms with E-state index < -0.39 is 0 Å². The fourth-order valence-electron chi connectivity index (χ4n) is 2.88. The summed E-state index contributed by atoms with van der Waals surface area (Å²) in [5.74, 6) is 1.48. The summed E-state index contributed by atoms with van der Waals surface area (Å²) in [6, 6.07) is 20.8. The third-order valence-electron chi connectivity index (χ3n) is 4.77. The van der Waals surface area contributed by atoms with E-state index in [1.54, 1.807) is 43.3 Å². The lowest BCUT2D eigenvalue weighted by atomic mass is 10.2. The molecule has 0 fully saturated rings. The van der Waals surface area contributed by atoms with Crippen LogP contribution in [0.4, 0.5) is 15.8 Å². The molecule has 0 heterocycles. The van der Waals surface area contributed by atoms with Crippen LogP contribution in [-0.2, 0) is 4.79 Å². The Labute approximate surface area is 227 Å². The normalized spacial score (nSPS) is 10.7. The number of carbonyl (C=O) groups excluding carboxylic acids is 1. The van der Waals surface area contributed by atoms with Gasteiger partial charge >= 0.3 is 0 Å². The van der Waals surface area contributed by atoms with Crippen LogP contribution in [0.15, 0.2) is 102 Å². The number of amidine groups is 1. The maximum absolute atomic E-state index is 12.9. The molecule has 3 rings (SSSR count). The highest BCUT2D eigenvalue weighted by Crippen LogP contribution is 2.22. The van der Waals surface area contributed by atoms with E-state index in [4.69, 9.17) is 16.2 Å². The fraction of sp³-hybridized carbons (Fsp3) is 0.226. The van der Waals surface area contributed by atoms with Gasteiger partial charge in [0.1, 0.15) is 23.2 Å². The van der Waals surface area contributed by atoms with Crippen LogP contribution in [0.2, 0.25) is 0 Å². The minimum atomic E-state index is -0.292. The Hall–Kier alpha value is -4.39. The molecular weight excluding hydrogens is 479 g/mol. The molecule has 3 aromatic carbocycles. The van der Waals surface area contributed by atoms with E-state index in [1.807, 2.05) is 58.9 Å². The number of aliphatic imine (C=N–C) groups is 1. The molecule has 0 unspecified atom stereocenters. The van der Waals surface area contributed by atoms with Crippen LogP contribution in [0.25, 0.3) is 0 Å². The predicted molar refractivity (Wildman–Crippen MR) is 160 cm³/mol. The Kier molecular flexibility index (Phi) is 16.6. The van der Waals surface area contributed by atoms with E-state index in [1.165, 1.54) is 22.6 Å².